The minimum atomic E-state index is 0.771. The van der Waals surface area contributed by atoms with E-state index >= 15 is 0 Å². The fourth-order valence-electron chi connectivity index (χ4n) is 2.33. The first-order valence-electron chi connectivity index (χ1n) is 6.06. The number of pyridine rings is 1. The maximum Gasteiger partial charge on any atom is 0.151 e. The number of fused-ring (bicyclic) bond motifs is 1. The van der Waals surface area contributed by atoms with E-state index in [0.717, 1.165) is 21.8 Å². The normalized spacial score (nSPS) is 20.9. The molecule has 3 rings (SSSR count). The molecule has 2 aromatic rings. The molecule has 3 heterocycles. The Hall–Kier alpha value is -0.480. The van der Waals surface area contributed by atoms with Gasteiger partial charge in [0.1, 0.15) is 0 Å². The van der Waals surface area contributed by atoms with Gasteiger partial charge in [0.2, 0.25) is 0 Å². The fraction of sp³-hybridized carbons (Fsp3) is 0.462. The van der Waals surface area contributed by atoms with Crippen LogP contribution >= 0.6 is 27.7 Å². The molecule has 1 fully saturated rings. The summed E-state index contributed by atoms with van der Waals surface area (Å²) in [6.07, 6.45) is 9.45. The fourth-order valence-corrected chi connectivity index (χ4v) is 4.10. The molecule has 0 saturated carbocycles. The van der Waals surface area contributed by atoms with Gasteiger partial charge in [0.25, 0.3) is 0 Å². The van der Waals surface area contributed by atoms with Crippen LogP contribution in [0.4, 0.5) is 0 Å². The van der Waals surface area contributed by atoms with Crippen molar-refractivity contribution in [1.29, 1.82) is 0 Å². The minimum Gasteiger partial charge on any atom is -0.306 e. The minimum absolute atomic E-state index is 0.771. The zero-order chi connectivity index (χ0) is 11.7. The van der Waals surface area contributed by atoms with Crippen molar-refractivity contribution in [1.82, 2.24) is 9.38 Å². The van der Waals surface area contributed by atoms with Crippen LogP contribution in [-0.4, -0.2) is 20.4 Å². The van der Waals surface area contributed by atoms with Crippen molar-refractivity contribution in [2.75, 3.05) is 5.75 Å². The van der Waals surface area contributed by atoms with Gasteiger partial charge in [-0.1, -0.05) is 6.42 Å². The van der Waals surface area contributed by atoms with E-state index in [1.54, 1.807) is 0 Å². The highest BCUT2D eigenvalue weighted by atomic mass is 79.9. The number of imidazole rings is 1. The van der Waals surface area contributed by atoms with Crippen molar-refractivity contribution in [2.24, 2.45) is 0 Å². The predicted octanol–water partition coefficient (Wildman–Crippen LogP) is 3.93. The van der Waals surface area contributed by atoms with Crippen molar-refractivity contribution >= 4 is 33.3 Å². The number of nitrogens with zero attached hydrogens (tertiary/aromatic N) is 2. The summed E-state index contributed by atoms with van der Waals surface area (Å²) in [6.45, 7) is 0. The first-order valence-corrected chi connectivity index (χ1v) is 7.91. The Bertz CT molecular complexity index is 517. The van der Waals surface area contributed by atoms with E-state index in [2.05, 4.69) is 44.5 Å². The SMILES string of the molecule is Brc1cccn2cc(CC3CCCCS3)nc12. The Morgan fingerprint density at radius 2 is 2.41 bits per heavy atom. The molecular formula is C13H15BrN2S. The first kappa shape index (κ1) is 11.6. The Labute approximate surface area is 114 Å². The van der Waals surface area contributed by atoms with E-state index < -0.39 is 0 Å². The Morgan fingerprint density at radius 3 is 3.18 bits per heavy atom. The van der Waals surface area contributed by atoms with Gasteiger partial charge in [0, 0.05) is 24.1 Å². The third kappa shape index (κ3) is 2.52. The summed E-state index contributed by atoms with van der Waals surface area (Å²) in [5.74, 6) is 1.32. The molecule has 0 spiro atoms. The molecule has 0 aromatic carbocycles. The molecule has 1 aliphatic rings. The first-order chi connectivity index (χ1) is 8.33. The van der Waals surface area contributed by atoms with Crippen LogP contribution in [0.15, 0.2) is 29.0 Å². The van der Waals surface area contributed by atoms with Crippen molar-refractivity contribution in [3.05, 3.63) is 34.7 Å². The maximum atomic E-state index is 4.71. The third-order valence-corrected chi connectivity index (χ3v) is 5.21. The van der Waals surface area contributed by atoms with E-state index in [1.165, 1.54) is 30.7 Å². The average molecular weight is 311 g/mol. The molecular weight excluding hydrogens is 296 g/mol. The summed E-state index contributed by atoms with van der Waals surface area (Å²) < 4.78 is 3.18. The Morgan fingerprint density at radius 1 is 1.47 bits per heavy atom. The van der Waals surface area contributed by atoms with Crippen LogP contribution in [0, 0.1) is 0 Å². The van der Waals surface area contributed by atoms with Gasteiger partial charge in [-0.15, -0.1) is 0 Å². The van der Waals surface area contributed by atoms with Crippen LogP contribution in [0.5, 0.6) is 0 Å². The molecule has 0 radical (unpaired) electrons. The van der Waals surface area contributed by atoms with Crippen molar-refractivity contribution in [3.8, 4) is 0 Å². The van der Waals surface area contributed by atoms with Crippen LogP contribution in [0.2, 0.25) is 0 Å². The largest absolute Gasteiger partial charge is 0.306 e. The molecule has 0 bridgehead atoms. The molecule has 0 amide bonds. The lowest BCUT2D eigenvalue weighted by Gasteiger charge is -2.19. The topological polar surface area (TPSA) is 17.3 Å². The second-order valence-electron chi connectivity index (χ2n) is 4.51. The summed E-state index contributed by atoms with van der Waals surface area (Å²) in [5.41, 5.74) is 2.25. The average Bonchev–Trinajstić information content (AvgIpc) is 2.74. The van der Waals surface area contributed by atoms with Gasteiger partial charge in [0.05, 0.1) is 10.2 Å². The van der Waals surface area contributed by atoms with Crippen LogP contribution in [-0.2, 0) is 6.42 Å². The van der Waals surface area contributed by atoms with E-state index in [4.69, 9.17) is 4.98 Å². The molecule has 2 aromatic heterocycles. The Kier molecular flexibility index (Phi) is 3.43. The van der Waals surface area contributed by atoms with Crippen LogP contribution in [0.25, 0.3) is 5.65 Å². The zero-order valence-corrected chi connectivity index (χ0v) is 12.0. The number of aromatic nitrogens is 2. The summed E-state index contributed by atoms with van der Waals surface area (Å²) in [5, 5.41) is 0.771. The van der Waals surface area contributed by atoms with E-state index in [9.17, 15) is 0 Å². The number of hydrogen-bond acceptors (Lipinski definition) is 2. The van der Waals surface area contributed by atoms with Crippen molar-refractivity contribution in [2.45, 2.75) is 30.9 Å². The van der Waals surface area contributed by atoms with Gasteiger partial charge in [-0.25, -0.2) is 4.98 Å². The molecule has 1 saturated heterocycles. The highest BCUT2D eigenvalue weighted by Crippen LogP contribution is 2.28. The number of rotatable bonds is 2. The maximum absolute atomic E-state index is 4.71. The zero-order valence-electron chi connectivity index (χ0n) is 9.60. The standard InChI is InChI=1S/C13H15BrN2S/c14-12-5-3-6-16-9-10(15-13(12)16)8-11-4-1-2-7-17-11/h3,5-6,9,11H,1-2,4,7-8H2. The van der Waals surface area contributed by atoms with Gasteiger partial charge in [-0.2, -0.15) is 11.8 Å². The number of thioether (sulfide) groups is 1. The third-order valence-electron chi connectivity index (χ3n) is 3.20. The lowest BCUT2D eigenvalue weighted by Crippen LogP contribution is -2.12. The summed E-state index contributed by atoms with van der Waals surface area (Å²) >= 11 is 5.66. The molecule has 0 aliphatic carbocycles. The molecule has 4 heteroatoms. The smallest absolute Gasteiger partial charge is 0.151 e. The molecule has 1 unspecified atom stereocenters. The molecule has 90 valence electrons. The second-order valence-corrected chi connectivity index (χ2v) is 6.77. The second kappa shape index (κ2) is 5.02. The number of halogens is 1. The summed E-state index contributed by atoms with van der Waals surface area (Å²) in [4.78, 5) is 4.71. The summed E-state index contributed by atoms with van der Waals surface area (Å²) in [6, 6.07) is 4.08. The quantitative estimate of drug-likeness (QED) is 0.836. The van der Waals surface area contributed by atoms with Crippen LogP contribution in [0.3, 0.4) is 0 Å². The van der Waals surface area contributed by atoms with Crippen LogP contribution in [0.1, 0.15) is 25.0 Å². The van der Waals surface area contributed by atoms with Gasteiger partial charge in [-0.3, -0.25) is 0 Å². The highest BCUT2D eigenvalue weighted by Gasteiger charge is 2.16. The lowest BCUT2D eigenvalue weighted by molar-refractivity contribution is 0.656. The van der Waals surface area contributed by atoms with Crippen molar-refractivity contribution < 1.29 is 0 Å². The molecule has 2 nitrogen and oxygen atoms in total. The Balaban J connectivity index is 1.83. The molecule has 17 heavy (non-hydrogen) atoms. The summed E-state index contributed by atoms with van der Waals surface area (Å²) in [7, 11) is 0. The lowest BCUT2D eigenvalue weighted by atomic mass is 10.1. The van der Waals surface area contributed by atoms with Gasteiger partial charge in [0.15, 0.2) is 5.65 Å². The van der Waals surface area contributed by atoms with E-state index in [1.807, 2.05) is 12.1 Å². The van der Waals surface area contributed by atoms with Gasteiger partial charge < -0.3 is 4.40 Å². The van der Waals surface area contributed by atoms with Gasteiger partial charge in [-0.05, 0) is 46.7 Å². The highest BCUT2D eigenvalue weighted by molar-refractivity contribution is 9.10. The monoisotopic (exact) mass is 310 g/mol. The molecule has 1 atom stereocenters. The molecule has 1 aliphatic heterocycles. The van der Waals surface area contributed by atoms with Crippen molar-refractivity contribution in [3.63, 3.8) is 0 Å². The molecule has 0 N–H and O–H groups in total. The van der Waals surface area contributed by atoms with E-state index in [0.29, 0.717) is 0 Å². The van der Waals surface area contributed by atoms with Gasteiger partial charge >= 0.3 is 0 Å². The van der Waals surface area contributed by atoms with Crippen LogP contribution < -0.4 is 0 Å². The predicted molar refractivity (Wildman–Crippen MR) is 76.7 cm³/mol. The number of hydrogen-bond donors (Lipinski definition) is 0. The van der Waals surface area contributed by atoms with E-state index in [-0.39, 0.29) is 0 Å².